The lowest BCUT2D eigenvalue weighted by Gasteiger charge is -2.28. The number of benzene rings is 2. The van der Waals surface area contributed by atoms with Crippen LogP contribution in [0.1, 0.15) is 22.3 Å². The smallest absolute Gasteiger partial charge is 0.253 e. The fourth-order valence-corrected chi connectivity index (χ4v) is 3.80. The molecule has 1 saturated heterocycles. The highest BCUT2D eigenvalue weighted by Gasteiger charge is 2.27. The van der Waals surface area contributed by atoms with E-state index in [0.29, 0.717) is 30.5 Å². The summed E-state index contributed by atoms with van der Waals surface area (Å²) in [6, 6.07) is 12.2. The molecule has 1 amide bonds. The molecule has 5 nitrogen and oxygen atoms in total. The molecule has 146 valence electrons. The molecule has 3 aromatic rings. The van der Waals surface area contributed by atoms with Crippen LogP contribution in [0.2, 0.25) is 0 Å². The van der Waals surface area contributed by atoms with Gasteiger partial charge in [0, 0.05) is 29.2 Å². The van der Waals surface area contributed by atoms with Crippen molar-refractivity contribution in [3.63, 3.8) is 0 Å². The number of ether oxygens (including phenoxy) is 1. The number of rotatable bonds is 4. The van der Waals surface area contributed by atoms with Gasteiger partial charge in [-0.2, -0.15) is 0 Å². The van der Waals surface area contributed by atoms with E-state index in [0.717, 1.165) is 10.0 Å². The molecule has 2 heterocycles. The second kappa shape index (κ2) is 8.03. The van der Waals surface area contributed by atoms with Crippen molar-refractivity contribution in [1.29, 1.82) is 0 Å². The minimum atomic E-state index is -0.765. The van der Waals surface area contributed by atoms with Crippen LogP contribution in [0.15, 0.2) is 53.1 Å². The van der Waals surface area contributed by atoms with E-state index in [4.69, 9.17) is 4.74 Å². The standard InChI is InChI=1S/C21H20BrFN2O3/c22-14-6-4-13(5-7-14)10-25-11-15(20-16(23)2-1-3-18(20)25)21(27)24-17-8-9-28-12-19(17)26/h1-7,11,17,19,26H,8-10,12H2,(H,24,27)/t17?,19-/m0/s1. The molecule has 1 fully saturated rings. The zero-order valence-electron chi connectivity index (χ0n) is 15.1. The fourth-order valence-electron chi connectivity index (χ4n) is 3.54. The highest BCUT2D eigenvalue weighted by molar-refractivity contribution is 9.10. The lowest BCUT2D eigenvalue weighted by Crippen LogP contribution is -2.48. The number of nitrogens with one attached hydrogen (secondary N) is 1. The SMILES string of the molecule is O=C(NC1CCOC[C@@H]1O)c1cn(Cc2ccc(Br)cc2)c2cccc(F)c12. The molecule has 28 heavy (non-hydrogen) atoms. The second-order valence-corrected chi connectivity index (χ2v) is 7.86. The van der Waals surface area contributed by atoms with Crippen LogP contribution >= 0.6 is 15.9 Å². The van der Waals surface area contributed by atoms with Crippen LogP contribution in [-0.2, 0) is 11.3 Å². The first-order valence-corrected chi connectivity index (χ1v) is 9.90. The molecule has 0 spiro atoms. The highest BCUT2D eigenvalue weighted by atomic mass is 79.9. The Morgan fingerprint density at radius 1 is 1.29 bits per heavy atom. The average Bonchev–Trinajstić information content (AvgIpc) is 3.05. The van der Waals surface area contributed by atoms with Gasteiger partial charge in [-0.25, -0.2) is 4.39 Å². The van der Waals surface area contributed by atoms with E-state index in [1.54, 1.807) is 18.3 Å². The summed E-state index contributed by atoms with van der Waals surface area (Å²) >= 11 is 3.42. The van der Waals surface area contributed by atoms with E-state index in [2.05, 4.69) is 21.2 Å². The molecule has 0 saturated carbocycles. The van der Waals surface area contributed by atoms with Gasteiger partial charge in [0.25, 0.3) is 5.91 Å². The van der Waals surface area contributed by atoms with Gasteiger partial charge in [-0.15, -0.1) is 0 Å². The maximum absolute atomic E-state index is 14.6. The number of hydrogen-bond acceptors (Lipinski definition) is 3. The first kappa shape index (κ1) is 19.1. The molecule has 7 heteroatoms. The summed E-state index contributed by atoms with van der Waals surface area (Å²) < 4.78 is 22.7. The number of hydrogen-bond donors (Lipinski definition) is 2. The molecule has 2 atom stereocenters. The van der Waals surface area contributed by atoms with Gasteiger partial charge in [-0.1, -0.05) is 34.1 Å². The monoisotopic (exact) mass is 446 g/mol. The molecule has 2 N–H and O–H groups in total. The van der Waals surface area contributed by atoms with Crippen molar-refractivity contribution < 1.29 is 19.0 Å². The van der Waals surface area contributed by atoms with Crippen LogP contribution in [0.25, 0.3) is 10.9 Å². The van der Waals surface area contributed by atoms with Crippen molar-refractivity contribution in [3.8, 4) is 0 Å². The van der Waals surface area contributed by atoms with Gasteiger partial charge in [-0.05, 0) is 36.2 Å². The summed E-state index contributed by atoms with van der Waals surface area (Å²) in [5, 5.41) is 13.2. The van der Waals surface area contributed by atoms with Gasteiger partial charge < -0.3 is 19.7 Å². The summed E-state index contributed by atoms with van der Waals surface area (Å²) in [6.07, 6.45) is 1.43. The van der Waals surface area contributed by atoms with Gasteiger partial charge in [0.1, 0.15) is 5.82 Å². The minimum absolute atomic E-state index is 0.185. The van der Waals surface area contributed by atoms with Crippen LogP contribution in [0, 0.1) is 5.82 Å². The van der Waals surface area contributed by atoms with Crippen LogP contribution in [-0.4, -0.2) is 40.9 Å². The van der Waals surface area contributed by atoms with E-state index in [9.17, 15) is 14.3 Å². The minimum Gasteiger partial charge on any atom is -0.389 e. The number of carbonyl (C=O) groups is 1. The van der Waals surface area contributed by atoms with Crippen molar-refractivity contribution in [3.05, 3.63) is 70.1 Å². The number of amides is 1. The Morgan fingerprint density at radius 2 is 2.07 bits per heavy atom. The quantitative estimate of drug-likeness (QED) is 0.644. The van der Waals surface area contributed by atoms with Gasteiger partial charge in [0.05, 0.1) is 29.8 Å². The predicted octanol–water partition coefficient (Wildman–Crippen LogP) is 3.47. The van der Waals surface area contributed by atoms with Gasteiger partial charge in [0.15, 0.2) is 0 Å². The Labute approximate surface area is 170 Å². The van der Waals surface area contributed by atoms with Crippen molar-refractivity contribution in [2.45, 2.75) is 25.1 Å². The van der Waals surface area contributed by atoms with Crippen LogP contribution in [0.3, 0.4) is 0 Å². The average molecular weight is 447 g/mol. The van der Waals surface area contributed by atoms with Gasteiger partial charge in [-0.3, -0.25) is 4.79 Å². The zero-order valence-corrected chi connectivity index (χ0v) is 16.7. The molecule has 1 aliphatic heterocycles. The molecule has 2 aromatic carbocycles. The third-order valence-electron chi connectivity index (χ3n) is 5.01. The highest BCUT2D eigenvalue weighted by Crippen LogP contribution is 2.26. The third-order valence-corrected chi connectivity index (χ3v) is 5.54. The number of carbonyl (C=O) groups excluding carboxylic acids is 1. The van der Waals surface area contributed by atoms with E-state index in [-0.39, 0.29) is 12.2 Å². The Morgan fingerprint density at radius 3 is 2.82 bits per heavy atom. The number of aliphatic hydroxyl groups is 1. The summed E-state index contributed by atoms with van der Waals surface area (Å²) in [4.78, 5) is 12.9. The number of halogens is 2. The molecule has 1 aliphatic rings. The zero-order chi connectivity index (χ0) is 19.7. The molecular formula is C21H20BrFN2O3. The topological polar surface area (TPSA) is 63.5 Å². The van der Waals surface area contributed by atoms with Crippen molar-refractivity contribution >= 4 is 32.7 Å². The van der Waals surface area contributed by atoms with Crippen molar-refractivity contribution in [2.24, 2.45) is 0 Å². The van der Waals surface area contributed by atoms with Gasteiger partial charge >= 0.3 is 0 Å². The maximum atomic E-state index is 14.6. The molecule has 0 aliphatic carbocycles. The first-order valence-electron chi connectivity index (χ1n) is 9.11. The van der Waals surface area contributed by atoms with Crippen molar-refractivity contribution in [2.75, 3.05) is 13.2 Å². The largest absolute Gasteiger partial charge is 0.389 e. The number of aliphatic hydroxyl groups excluding tert-OH is 1. The summed E-state index contributed by atoms with van der Waals surface area (Å²) in [7, 11) is 0. The maximum Gasteiger partial charge on any atom is 0.253 e. The Kier molecular flexibility index (Phi) is 5.48. The molecule has 4 rings (SSSR count). The second-order valence-electron chi connectivity index (χ2n) is 6.94. The Bertz CT molecular complexity index is 1000. The van der Waals surface area contributed by atoms with Crippen LogP contribution in [0.5, 0.6) is 0 Å². The van der Waals surface area contributed by atoms with Crippen LogP contribution < -0.4 is 5.32 Å². The third kappa shape index (κ3) is 3.83. The van der Waals surface area contributed by atoms with Crippen LogP contribution in [0.4, 0.5) is 4.39 Å². The van der Waals surface area contributed by atoms with E-state index in [1.807, 2.05) is 28.8 Å². The predicted molar refractivity (Wildman–Crippen MR) is 108 cm³/mol. The summed E-state index contributed by atoms with van der Waals surface area (Å²) in [5.41, 5.74) is 1.96. The normalized spacial score (nSPS) is 19.7. The first-order chi connectivity index (χ1) is 13.5. The lowest BCUT2D eigenvalue weighted by molar-refractivity contribution is -0.0260. The molecule has 0 bridgehead atoms. The number of fused-ring (bicyclic) bond motifs is 1. The van der Waals surface area contributed by atoms with E-state index < -0.39 is 23.9 Å². The molecule has 1 aromatic heterocycles. The fraction of sp³-hybridized carbons (Fsp3) is 0.286. The number of nitrogens with zero attached hydrogens (tertiary/aromatic N) is 1. The molecule has 1 unspecified atom stereocenters. The molecular weight excluding hydrogens is 427 g/mol. The summed E-state index contributed by atoms with van der Waals surface area (Å²) in [5.74, 6) is -0.833. The van der Waals surface area contributed by atoms with E-state index >= 15 is 0 Å². The Balaban J connectivity index is 1.68. The number of aromatic nitrogens is 1. The van der Waals surface area contributed by atoms with Crippen molar-refractivity contribution in [1.82, 2.24) is 9.88 Å². The summed E-state index contributed by atoms with van der Waals surface area (Å²) in [6.45, 7) is 1.17. The lowest BCUT2D eigenvalue weighted by atomic mass is 10.1. The van der Waals surface area contributed by atoms with E-state index in [1.165, 1.54) is 6.07 Å². The Hall–Kier alpha value is -2.22. The molecule has 0 radical (unpaired) electrons. The van der Waals surface area contributed by atoms with Gasteiger partial charge in [0.2, 0.25) is 0 Å².